The number of rotatable bonds is 9. The number of ether oxygens (including phenoxy) is 1. The summed E-state index contributed by atoms with van der Waals surface area (Å²) in [6.07, 6.45) is 0.989. The van der Waals surface area contributed by atoms with Crippen molar-refractivity contribution in [2.75, 3.05) is 29.6 Å². The minimum atomic E-state index is -1.11. The fourth-order valence-electron chi connectivity index (χ4n) is 3.38. The smallest absolute Gasteiger partial charge is 0.229 e. The Labute approximate surface area is 212 Å². The van der Waals surface area contributed by atoms with Crippen molar-refractivity contribution in [3.05, 3.63) is 47.5 Å². The topological polar surface area (TPSA) is 140 Å². The second-order valence-corrected chi connectivity index (χ2v) is 11.7. The molecule has 9 nitrogen and oxygen atoms in total. The van der Waals surface area contributed by atoms with Crippen LogP contribution in [0.1, 0.15) is 12.8 Å². The molecule has 3 unspecified atom stereocenters. The van der Waals surface area contributed by atoms with E-state index in [1.807, 2.05) is 0 Å². The molecule has 1 fully saturated rings. The van der Waals surface area contributed by atoms with Gasteiger partial charge in [0.2, 0.25) is 5.91 Å². The van der Waals surface area contributed by atoms with Crippen molar-refractivity contribution in [2.45, 2.75) is 24.2 Å². The molecule has 1 saturated heterocycles. The number of benzene rings is 2. The molecule has 0 saturated carbocycles. The summed E-state index contributed by atoms with van der Waals surface area (Å²) < 4.78 is 31.2. The standard InChI is InChI=1S/C22H22ClFN4O5S2/c23-16-5-12(1-2-17(16)24)27-22-15-7-19(28-21(31)6-14-3-4-34-35(14)32)20(33-10-13(30)9-29)8-18(15)25-11-26-22/h1-2,5,7-8,11,13-14,29-30H,3-4,6,9-10H2,(H,28,31)(H,25,26,27). The predicted molar refractivity (Wildman–Crippen MR) is 135 cm³/mol. The summed E-state index contributed by atoms with van der Waals surface area (Å²) in [6.45, 7) is -0.699. The number of aliphatic hydroxyl groups is 2. The molecule has 2 heterocycles. The third-order valence-corrected chi connectivity index (χ3v) is 9.04. The average Bonchev–Trinajstić information content (AvgIpc) is 3.24. The highest BCUT2D eigenvalue weighted by Crippen LogP contribution is 2.36. The fourth-order valence-corrected chi connectivity index (χ4v) is 6.90. The molecule has 186 valence electrons. The molecule has 0 bridgehead atoms. The molecular formula is C22H22ClFN4O5S2. The minimum absolute atomic E-state index is 0.0538. The monoisotopic (exact) mass is 540 g/mol. The summed E-state index contributed by atoms with van der Waals surface area (Å²) in [7, 11) is 0.224. The van der Waals surface area contributed by atoms with Gasteiger partial charge in [-0.2, -0.15) is 0 Å². The summed E-state index contributed by atoms with van der Waals surface area (Å²) in [5.41, 5.74) is 1.25. The predicted octanol–water partition coefficient (Wildman–Crippen LogP) is 3.40. The summed E-state index contributed by atoms with van der Waals surface area (Å²) in [5, 5.41) is 24.9. The molecule has 2 aromatic carbocycles. The second kappa shape index (κ2) is 11.6. The van der Waals surface area contributed by atoms with E-state index in [9.17, 15) is 18.8 Å². The van der Waals surface area contributed by atoms with Crippen LogP contribution >= 0.6 is 22.4 Å². The quantitative estimate of drug-likeness (QED) is 0.237. The van der Waals surface area contributed by atoms with Gasteiger partial charge in [0.25, 0.3) is 0 Å². The number of carbonyl (C=O) groups excluding carboxylic acids is 1. The molecular weight excluding hydrogens is 519 g/mol. The number of amides is 1. The number of aliphatic hydroxyl groups excluding tert-OH is 2. The molecule has 4 N–H and O–H groups in total. The van der Waals surface area contributed by atoms with Crippen LogP contribution in [0.2, 0.25) is 5.02 Å². The normalized spacial score (nSPS) is 18.4. The van der Waals surface area contributed by atoms with E-state index in [4.69, 9.17) is 21.4 Å². The van der Waals surface area contributed by atoms with Crippen molar-refractivity contribution in [3.8, 4) is 5.75 Å². The summed E-state index contributed by atoms with van der Waals surface area (Å²) >= 11 is 5.88. The summed E-state index contributed by atoms with van der Waals surface area (Å²) in [4.78, 5) is 21.3. The Morgan fingerprint density at radius 1 is 1.37 bits per heavy atom. The number of carbonyl (C=O) groups is 1. The lowest BCUT2D eigenvalue weighted by molar-refractivity contribution is -0.116. The van der Waals surface area contributed by atoms with E-state index >= 15 is 0 Å². The fraction of sp³-hybridized carbons (Fsp3) is 0.318. The van der Waals surface area contributed by atoms with Crippen LogP contribution in [0.5, 0.6) is 5.75 Å². The number of nitrogens with one attached hydrogen (secondary N) is 2. The maximum absolute atomic E-state index is 13.5. The highest BCUT2D eigenvalue weighted by Gasteiger charge is 2.33. The van der Waals surface area contributed by atoms with Crippen molar-refractivity contribution < 1.29 is 28.7 Å². The Morgan fingerprint density at radius 2 is 2.20 bits per heavy atom. The first-order chi connectivity index (χ1) is 16.8. The van der Waals surface area contributed by atoms with Crippen LogP contribution < -0.4 is 15.4 Å². The van der Waals surface area contributed by atoms with E-state index in [0.29, 0.717) is 34.5 Å². The molecule has 1 aromatic heterocycles. The van der Waals surface area contributed by atoms with Gasteiger partial charge >= 0.3 is 0 Å². The summed E-state index contributed by atoms with van der Waals surface area (Å²) in [6, 6.07) is 7.33. The van der Waals surface area contributed by atoms with Crippen LogP contribution in [0, 0.1) is 5.82 Å². The van der Waals surface area contributed by atoms with Crippen molar-refractivity contribution in [3.63, 3.8) is 0 Å². The lowest BCUT2D eigenvalue weighted by Crippen LogP contribution is -2.24. The SMILES string of the molecule is O=C(CC1CCS[S+]1[O-])Nc1cc2c(Nc3ccc(F)c(Cl)c3)ncnc2cc1OCC(O)CO. The third kappa shape index (κ3) is 6.46. The number of fused-ring (bicyclic) bond motifs is 1. The molecule has 3 atom stereocenters. The van der Waals surface area contributed by atoms with Gasteiger partial charge in [0.05, 0.1) is 40.0 Å². The Bertz CT molecular complexity index is 1220. The largest absolute Gasteiger partial charge is 0.605 e. The van der Waals surface area contributed by atoms with E-state index in [2.05, 4.69) is 20.6 Å². The molecule has 13 heteroatoms. The van der Waals surface area contributed by atoms with Crippen molar-refractivity contribution in [2.24, 2.45) is 0 Å². The number of anilines is 3. The van der Waals surface area contributed by atoms with Crippen molar-refractivity contribution >= 4 is 66.6 Å². The lowest BCUT2D eigenvalue weighted by Gasteiger charge is -2.17. The summed E-state index contributed by atoms with van der Waals surface area (Å²) in [5.74, 6) is 0.462. The number of hydrogen-bond donors (Lipinski definition) is 4. The molecule has 0 spiro atoms. The van der Waals surface area contributed by atoms with Gasteiger partial charge in [0, 0.05) is 39.5 Å². The average molecular weight is 541 g/mol. The van der Waals surface area contributed by atoms with E-state index in [0.717, 1.165) is 5.75 Å². The Balaban J connectivity index is 1.65. The van der Waals surface area contributed by atoms with Gasteiger partial charge in [-0.1, -0.05) is 11.6 Å². The first-order valence-corrected chi connectivity index (χ1v) is 13.7. The lowest BCUT2D eigenvalue weighted by atomic mass is 10.1. The first-order valence-electron chi connectivity index (χ1n) is 10.6. The van der Waals surface area contributed by atoms with E-state index in [1.165, 1.54) is 35.3 Å². The zero-order valence-corrected chi connectivity index (χ0v) is 20.6. The molecule has 3 aromatic rings. The highest BCUT2D eigenvalue weighted by molar-refractivity contribution is 8.72. The van der Waals surface area contributed by atoms with Crippen LogP contribution in [-0.2, 0) is 15.0 Å². The van der Waals surface area contributed by atoms with E-state index < -0.39 is 28.7 Å². The Hall–Kier alpha value is -2.35. The van der Waals surface area contributed by atoms with Crippen molar-refractivity contribution in [1.82, 2.24) is 9.97 Å². The van der Waals surface area contributed by atoms with Crippen LogP contribution in [0.15, 0.2) is 36.7 Å². The molecule has 1 amide bonds. The highest BCUT2D eigenvalue weighted by atomic mass is 35.5. The second-order valence-electron chi connectivity index (χ2n) is 7.73. The van der Waals surface area contributed by atoms with Gasteiger partial charge in [-0.15, -0.1) is 0 Å². The van der Waals surface area contributed by atoms with Crippen molar-refractivity contribution in [1.29, 1.82) is 0 Å². The number of halogens is 2. The van der Waals surface area contributed by atoms with Crippen LogP contribution in [0.4, 0.5) is 21.6 Å². The van der Waals surface area contributed by atoms with Crippen LogP contribution in [0.3, 0.4) is 0 Å². The Morgan fingerprint density at radius 3 is 2.91 bits per heavy atom. The number of aromatic nitrogens is 2. The minimum Gasteiger partial charge on any atom is -0.605 e. The Kier molecular flexibility index (Phi) is 8.52. The molecule has 1 aliphatic heterocycles. The van der Waals surface area contributed by atoms with Gasteiger partial charge in [-0.3, -0.25) is 4.79 Å². The van der Waals surface area contributed by atoms with Gasteiger partial charge < -0.3 is 30.1 Å². The van der Waals surface area contributed by atoms with Gasteiger partial charge in [0.1, 0.15) is 41.7 Å². The number of nitrogens with zero attached hydrogens (tertiary/aromatic N) is 2. The van der Waals surface area contributed by atoms with E-state index in [-0.39, 0.29) is 35.0 Å². The molecule has 0 radical (unpaired) electrons. The third-order valence-electron chi connectivity index (χ3n) is 5.16. The van der Waals surface area contributed by atoms with Gasteiger partial charge in [0.15, 0.2) is 0 Å². The first kappa shape index (κ1) is 25.7. The zero-order valence-electron chi connectivity index (χ0n) is 18.2. The molecule has 0 aliphatic carbocycles. The van der Waals surface area contributed by atoms with Gasteiger partial charge in [-0.05, 0) is 24.3 Å². The molecule has 1 aliphatic rings. The maximum Gasteiger partial charge on any atom is 0.229 e. The van der Waals surface area contributed by atoms with E-state index in [1.54, 1.807) is 12.1 Å². The van der Waals surface area contributed by atoms with Crippen LogP contribution in [-0.4, -0.2) is 61.0 Å². The van der Waals surface area contributed by atoms with Crippen LogP contribution in [0.25, 0.3) is 10.9 Å². The maximum atomic E-state index is 13.5. The zero-order chi connectivity index (χ0) is 24.9. The molecule has 35 heavy (non-hydrogen) atoms. The number of hydrogen-bond acceptors (Lipinski definition) is 9. The van der Waals surface area contributed by atoms with Gasteiger partial charge in [-0.25, -0.2) is 14.4 Å². The molecule has 4 rings (SSSR count).